The van der Waals surface area contributed by atoms with Gasteiger partial charge in [0.05, 0.1) is 27.0 Å². The predicted octanol–water partition coefficient (Wildman–Crippen LogP) is 3.95. The molecule has 0 fully saturated rings. The van der Waals surface area contributed by atoms with Crippen LogP contribution in [0.15, 0.2) is 12.3 Å². The van der Waals surface area contributed by atoms with E-state index in [1.54, 1.807) is 17.9 Å². The Bertz CT molecular complexity index is 1160. The molecule has 1 atom stereocenters. The lowest BCUT2D eigenvalue weighted by Crippen LogP contribution is -2.11. The quantitative estimate of drug-likeness (QED) is 0.558. The summed E-state index contributed by atoms with van der Waals surface area (Å²) < 4.78 is 46.7. The summed E-state index contributed by atoms with van der Waals surface area (Å²) >= 11 is 0. The Labute approximate surface area is 189 Å². The number of aromatic amines is 1. The third-order valence-electron chi connectivity index (χ3n) is 5.87. The molecule has 1 aliphatic carbocycles. The minimum Gasteiger partial charge on any atom is -0.494 e. The van der Waals surface area contributed by atoms with Gasteiger partial charge in [0.1, 0.15) is 11.4 Å². The van der Waals surface area contributed by atoms with E-state index >= 15 is 8.78 Å². The Balaban J connectivity index is 1.72. The number of aryl methyl sites for hydroxylation is 1. The Morgan fingerprint density at radius 2 is 1.88 bits per heavy atom. The van der Waals surface area contributed by atoms with Gasteiger partial charge in [0.2, 0.25) is 0 Å². The molecule has 1 aromatic carbocycles. The summed E-state index contributed by atoms with van der Waals surface area (Å²) in [6, 6.07) is 1.21. The van der Waals surface area contributed by atoms with Crippen LogP contribution >= 0.6 is 0 Å². The first-order valence-electron chi connectivity index (χ1n) is 10.4. The van der Waals surface area contributed by atoms with Gasteiger partial charge in [-0.15, -0.1) is 0 Å². The van der Waals surface area contributed by atoms with Crippen LogP contribution in [0, 0.1) is 11.6 Å². The fourth-order valence-electron chi connectivity index (χ4n) is 4.33. The van der Waals surface area contributed by atoms with Crippen LogP contribution in [0.2, 0.25) is 0 Å². The number of H-pyrrole nitrogens is 1. The van der Waals surface area contributed by atoms with Gasteiger partial charge in [0.25, 0.3) is 0 Å². The van der Waals surface area contributed by atoms with Crippen molar-refractivity contribution in [2.24, 2.45) is 7.05 Å². The van der Waals surface area contributed by atoms with Crippen molar-refractivity contribution in [3.05, 3.63) is 40.7 Å². The van der Waals surface area contributed by atoms with E-state index in [0.717, 1.165) is 11.3 Å². The molecular formula is C22H25F2N5O4. The highest BCUT2D eigenvalue weighted by Crippen LogP contribution is 2.41. The van der Waals surface area contributed by atoms with Crippen LogP contribution in [-0.4, -0.2) is 47.4 Å². The minimum atomic E-state index is -0.724. The number of methoxy groups -OCH3 is 3. The van der Waals surface area contributed by atoms with Gasteiger partial charge in [-0.1, -0.05) is 0 Å². The number of nitrogens with one attached hydrogen (secondary N) is 2. The summed E-state index contributed by atoms with van der Waals surface area (Å²) in [4.78, 5) is 11.7. The third kappa shape index (κ3) is 4.10. The molecule has 0 aliphatic heterocycles. The van der Waals surface area contributed by atoms with E-state index in [2.05, 4.69) is 25.3 Å². The average molecular weight is 461 g/mol. The standard InChI is InChI=1S/C22H25F2N5O4/c1-29-10-14(25-22(30)33-4)21(28-29)20-12-7-5-6-11(8-13(12)26-27-20)17-18(23)15(31-2)9-16(32-3)19(17)24/h9-11H,5-8H2,1-4H3,(H,25,30)(H,26,27). The van der Waals surface area contributed by atoms with Crippen LogP contribution in [0.4, 0.5) is 19.3 Å². The zero-order valence-electron chi connectivity index (χ0n) is 18.8. The molecule has 0 radical (unpaired) electrons. The van der Waals surface area contributed by atoms with Crippen LogP contribution in [0.5, 0.6) is 11.5 Å². The first-order valence-corrected chi connectivity index (χ1v) is 10.4. The van der Waals surface area contributed by atoms with E-state index in [9.17, 15) is 4.79 Å². The van der Waals surface area contributed by atoms with Gasteiger partial charge in [0, 0.05) is 36.1 Å². The largest absolute Gasteiger partial charge is 0.494 e. The van der Waals surface area contributed by atoms with E-state index in [1.165, 1.54) is 27.4 Å². The number of fused-ring (bicyclic) bond motifs is 1. The van der Waals surface area contributed by atoms with Crippen molar-refractivity contribution in [2.75, 3.05) is 26.6 Å². The molecule has 1 amide bonds. The number of aromatic nitrogens is 4. The average Bonchev–Trinajstić information content (AvgIpc) is 3.29. The monoisotopic (exact) mass is 461 g/mol. The lowest BCUT2D eigenvalue weighted by molar-refractivity contribution is 0.187. The van der Waals surface area contributed by atoms with Crippen molar-refractivity contribution >= 4 is 11.8 Å². The number of benzene rings is 1. The normalized spacial score (nSPS) is 15.5. The molecule has 2 N–H and O–H groups in total. The van der Waals surface area contributed by atoms with Crippen LogP contribution in [0.25, 0.3) is 11.4 Å². The van der Waals surface area contributed by atoms with Crippen molar-refractivity contribution in [2.45, 2.75) is 31.6 Å². The third-order valence-corrected chi connectivity index (χ3v) is 5.87. The first-order chi connectivity index (χ1) is 15.9. The molecule has 0 saturated heterocycles. The molecule has 0 bridgehead atoms. The zero-order chi connectivity index (χ0) is 23.7. The number of carbonyl (C=O) groups is 1. The maximum Gasteiger partial charge on any atom is 0.411 e. The molecule has 33 heavy (non-hydrogen) atoms. The summed E-state index contributed by atoms with van der Waals surface area (Å²) in [5.41, 5.74) is 3.14. The van der Waals surface area contributed by atoms with Crippen molar-refractivity contribution in [1.29, 1.82) is 0 Å². The van der Waals surface area contributed by atoms with Crippen molar-refractivity contribution in [1.82, 2.24) is 20.0 Å². The fourth-order valence-corrected chi connectivity index (χ4v) is 4.33. The Morgan fingerprint density at radius 1 is 1.18 bits per heavy atom. The summed E-state index contributed by atoms with van der Waals surface area (Å²) in [5, 5.41) is 14.5. The van der Waals surface area contributed by atoms with Crippen LogP contribution < -0.4 is 14.8 Å². The van der Waals surface area contributed by atoms with Crippen LogP contribution in [0.1, 0.15) is 35.6 Å². The Hall–Kier alpha value is -3.63. The SMILES string of the molecule is COC(=O)Nc1cn(C)nc1-c1n[nH]c2c1CCCC(c1c(F)c(OC)cc(OC)c1F)C2. The number of rotatable bonds is 5. The second-order valence-corrected chi connectivity index (χ2v) is 7.83. The van der Waals surface area contributed by atoms with E-state index in [4.69, 9.17) is 9.47 Å². The molecule has 1 aliphatic rings. The summed E-state index contributed by atoms with van der Waals surface area (Å²) in [6.45, 7) is 0. The fraction of sp³-hybridized carbons (Fsp3) is 0.409. The maximum atomic E-state index is 15.1. The molecule has 3 aromatic rings. The van der Waals surface area contributed by atoms with E-state index in [0.29, 0.717) is 42.8 Å². The van der Waals surface area contributed by atoms with E-state index in [-0.39, 0.29) is 17.1 Å². The number of carbonyl (C=O) groups excluding carboxylic acids is 1. The molecule has 0 saturated carbocycles. The molecule has 1 unspecified atom stereocenters. The number of ether oxygens (including phenoxy) is 3. The van der Waals surface area contributed by atoms with Gasteiger partial charge >= 0.3 is 6.09 Å². The first kappa shape index (κ1) is 22.6. The maximum absolute atomic E-state index is 15.1. The number of amides is 1. The molecule has 11 heteroatoms. The smallest absolute Gasteiger partial charge is 0.411 e. The van der Waals surface area contributed by atoms with Crippen molar-refractivity contribution in [3.8, 4) is 22.9 Å². The van der Waals surface area contributed by atoms with Gasteiger partial charge in [-0.05, 0) is 31.6 Å². The van der Waals surface area contributed by atoms with Gasteiger partial charge in [0.15, 0.2) is 23.1 Å². The molecule has 2 aromatic heterocycles. The summed E-state index contributed by atoms with van der Waals surface area (Å²) in [7, 11) is 5.67. The van der Waals surface area contributed by atoms with Crippen molar-refractivity contribution in [3.63, 3.8) is 0 Å². The van der Waals surface area contributed by atoms with Crippen molar-refractivity contribution < 1.29 is 27.8 Å². The molecular weight excluding hydrogens is 436 g/mol. The highest BCUT2D eigenvalue weighted by atomic mass is 19.1. The van der Waals surface area contributed by atoms with Gasteiger partial charge in [-0.2, -0.15) is 10.2 Å². The highest BCUT2D eigenvalue weighted by molar-refractivity contribution is 5.89. The molecule has 9 nitrogen and oxygen atoms in total. The molecule has 2 heterocycles. The second kappa shape index (κ2) is 9.08. The number of nitrogens with zero attached hydrogens (tertiary/aromatic N) is 3. The van der Waals surface area contributed by atoms with Crippen LogP contribution in [0.3, 0.4) is 0 Å². The van der Waals surface area contributed by atoms with Gasteiger partial charge in [-0.25, -0.2) is 13.6 Å². The Morgan fingerprint density at radius 3 is 2.52 bits per heavy atom. The molecule has 0 spiro atoms. The molecule has 176 valence electrons. The van der Waals surface area contributed by atoms with Crippen LogP contribution in [-0.2, 0) is 24.6 Å². The summed E-state index contributed by atoms with van der Waals surface area (Å²) in [5.74, 6) is -2.02. The van der Waals surface area contributed by atoms with E-state index < -0.39 is 23.6 Å². The lowest BCUT2D eigenvalue weighted by atomic mass is 9.90. The van der Waals surface area contributed by atoms with E-state index in [1.807, 2.05) is 0 Å². The highest BCUT2D eigenvalue weighted by Gasteiger charge is 2.31. The topological polar surface area (TPSA) is 103 Å². The summed E-state index contributed by atoms with van der Waals surface area (Å²) in [6.07, 6.45) is 3.25. The van der Waals surface area contributed by atoms with Gasteiger partial charge in [-0.3, -0.25) is 15.1 Å². The minimum absolute atomic E-state index is 0.0546. The second-order valence-electron chi connectivity index (χ2n) is 7.83. The number of anilines is 1. The van der Waals surface area contributed by atoms with Gasteiger partial charge < -0.3 is 14.2 Å². The molecule has 4 rings (SSSR count). The lowest BCUT2D eigenvalue weighted by Gasteiger charge is -2.19. The Kier molecular flexibility index (Phi) is 6.21. The number of hydrogen-bond acceptors (Lipinski definition) is 6. The number of halogens is 2. The number of hydrogen-bond donors (Lipinski definition) is 2. The zero-order valence-corrected chi connectivity index (χ0v) is 18.8. The predicted molar refractivity (Wildman–Crippen MR) is 116 cm³/mol.